The van der Waals surface area contributed by atoms with Crippen LogP contribution in [-0.4, -0.2) is 4.98 Å². The van der Waals surface area contributed by atoms with E-state index in [-0.39, 0.29) is 0 Å². The zero-order chi connectivity index (χ0) is 12.7. The van der Waals surface area contributed by atoms with Crippen LogP contribution in [0, 0.1) is 0 Å². The minimum Gasteiger partial charge on any atom is -0.464 e. The molecule has 0 amide bonds. The quantitative estimate of drug-likeness (QED) is 0.523. The van der Waals surface area contributed by atoms with E-state index in [4.69, 9.17) is 8.83 Å². The summed E-state index contributed by atoms with van der Waals surface area (Å²) in [6, 6.07) is 11.7. The average molecular weight is 267 g/mol. The second-order valence-electron chi connectivity index (χ2n) is 4.16. The van der Waals surface area contributed by atoms with Gasteiger partial charge in [-0.05, 0) is 18.2 Å². The molecule has 0 unspecified atom stereocenters. The Bertz CT molecular complexity index is 827. The largest absolute Gasteiger partial charge is 0.464 e. The van der Waals surface area contributed by atoms with Gasteiger partial charge in [0.15, 0.2) is 10.8 Å². The highest BCUT2D eigenvalue weighted by molar-refractivity contribution is 7.13. The van der Waals surface area contributed by atoms with Crippen LogP contribution in [0.5, 0.6) is 0 Å². The first-order valence-corrected chi connectivity index (χ1v) is 6.76. The number of benzene rings is 1. The van der Waals surface area contributed by atoms with Crippen molar-refractivity contribution < 1.29 is 8.83 Å². The third-order valence-corrected chi connectivity index (χ3v) is 3.85. The number of nitrogens with zero attached hydrogens (tertiary/aromatic N) is 1. The predicted octanol–water partition coefficient (Wildman–Crippen LogP) is 4.82. The van der Waals surface area contributed by atoms with Crippen LogP contribution in [0.15, 0.2) is 63.1 Å². The smallest absolute Gasteiger partial charge is 0.162 e. The van der Waals surface area contributed by atoms with E-state index in [1.54, 1.807) is 23.9 Å². The van der Waals surface area contributed by atoms with Gasteiger partial charge in [-0.25, -0.2) is 4.98 Å². The fourth-order valence-electron chi connectivity index (χ4n) is 2.09. The van der Waals surface area contributed by atoms with E-state index >= 15 is 0 Å². The molecule has 0 radical (unpaired) electrons. The number of fused-ring (bicyclic) bond motifs is 1. The molecule has 4 rings (SSSR count). The van der Waals surface area contributed by atoms with Crippen LogP contribution in [0.4, 0.5) is 0 Å². The van der Waals surface area contributed by atoms with Crippen LogP contribution in [0.2, 0.25) is 0 Å². The highest BCUT2D eigenvalue weighted by Crippen LogP contribution is 2.33. The predicted molar refractivity (Wildman–Crippen MR) is 75.0 cm³/mol. The number of hydrogen-bond acceptors (Lipinski definition) is 4. The molecular formula is C15H9NO2S. The standard InChI is InChI=1S/C15H9NO2S/c1-2-5-13-10(4-1)11(8-18-13)12-9-19-15(16-12)14-6-3-7-17-14/h1-9H. The summed E-state index contributed by atoms with van der Waals surface area (Å²) in [4.78, 5) is 4.61. The van der Waals surface area contributed by atoms with Gasteiger partial charge in [0.1, 0.15) is 11.8 Å². The topological polar surface area (TPSA) is 39.2 Å². The zero-order valence-corrected chi connectivity index (χ0v) is 10.7. The Morgan fingerprint density at radius 3 is 2.84 bits per heavy atom. The second-order valence-corrected chi connectivity index (χ2v) is 5.02. The maximum absolute atomic E-state index is 5.54. The maximum Gasteiger partial charge on any atom is 0.162 e. The maximum atomic E-state index is 5.54. The average Bonchev–Trinajstić information content (AvgIpc) is 3.18. The Morgan fingerprint density at radius 1 is 1.00 bits per heavy atom. The lowest BCUT2D eigenvalue weighted by molar-refractivity contribution is 0.582. The summed E-state index contributed by atoms with van der Waals surface area (Å²) in [5, 5.41) is 3.99. The van der Waals surface area contributed by atoms with E-state index in [0.29, 0.717) is 0 Å². The lowest BCUT2D eigenvalue weighted by Crippen LogP contribution is -1.76. The van der Waals surface area contributed by atoms with Crippen LogP contribution >= 0.6 is 11.3 Å². The summed E-state index contributed by atoms with van der Waals surface area (Å²) in [6.45, 7) is 0. The van der Waals surface area contributed by atoms with Gasteiger partial charge in [0.25, 0.3) is 0 Å². The van der Waals surface area contributed by atoms with Gasteiger partial charge in [-0.2, -0.15) is 0 Å². The molecule has 0 atom stereocenters. The first kappa shape index (κ1) is 10.6. The molecule has 0 spiro atoms. The van der Waals surface area contributed by atoms with Crippen molar-refractivity contribution >= 4 is 22.3 Å². The minimum atomic E-state index is 0.795. The van der Waals surface area contributed by atoms with Crippen LogP contribution in [0.1, 0.15) is 0 Å². The summed E-state index contributed by atoms with van der Waals surface area (Å²) < 4.78 is 10.9. The molecule has 3 heterocycles. The highest BCUT2D eigenvalue weighted by Gasteiger charge is 2.12. The van der Waals surface area contributed by atoms with E-state index in [0.717, 1.165) is 33.0 Å². The Hall–Kier alpha value is -2.33. The highest BCUT2D eigenvalue weighted by atomic mass is 32.1. The van der Waals surface area contributed by atoms with Gasteiger partial charge in [-0.15, -0.1) is 11.3 Å². The van der Waals surface area contributed by atoms with E-state index in [1.807, 2.05) is 41.8 Å². The van der Waals surface area contributed by atoms with Crippen molar-refractivity contribution in [3.05, 3.63) is 54.3 Å². The molecule has 92 valence electrons. The van der Waals surface area contributed by atoms with Crippen molar-refractivity contribution in [1.29, 1.82) is 0 Å². The molecule has 0 bridgehead atoms. The van der Waals surface area contributed by atoms with Crippen molar-refractivity contribution in [3.63, 3.8) is 0 Å². The third kappa shape index (κ3) is 1.69. The minimum absolute atomic E-state index is 0.795. The molecule has 3 nitrogen and oxygen atoms in total. The fraction of sp³-hybridized carbons (Fsp3) is 0. The lowest BCUT2D eigenvalue weighted by atomic mass is 10.1. The Labute approximate surface area is 113 Å². The molecule has 0 aliphatic carbocycles. The van der Waals surface area contributed by atoms with Crippen LogP contribution < -0.4 is 0 Å². The first-order chi connectivity index (χ1) is 9.42. The van der Waals surface area contributed by atoms with Gasteiger partial charge in [0.2, 0.25) is 0 Å². The van der Waals surface area contributed by atoms with Crippen molar-refractivity contribution in [3.8, 4) is 22.0 Å². The van der Waals surface area contributed by atoms with E-state index in [9.17, 15) is 0 Å². The summed E-state index contributed by atoms with van der Waals surface area (Å²) in [5.74, 6) is 0.795. The van der Waals surface area contributed by atoms with Crippen molar-refractivity contribution in [2.24, 2.45) is 0 Å². The number of hydrogen-bond donors (Lipinski definition) is 0. The van der Waals surface area contributed by atoms with Gasteiger partial charge in [-0.3, -0.25) is 0 Å². The Morgan fingerprint density at radius 2 is 1.95 bits per heavy atom. The van der Waals surface area contributed by atoms with Crippen molar-refractivity contribution in [1.82, 2.24) is 4.98 Å². The summed E-state index contributed by atoms with van der Waals surface area (Å²) in [7, 11) is 0. The molecule has 4 aromatic rings. The zero-order valence-electron chi connectivity index (χ0n) is 9.87. The molecule has 0 saturated carbocycles. The van der Waals surface area contributed by atoms with Gasteiger partial charge in [0, 0.05) is 16.3 Å². The molecule has 3 aromatic heterocycles. The molecule has 0 N–H and O–H groups in total. The molecule has 0 aliphatic heterocycles. The van der Waals surface area contributed by atoms with Crippen molar-refractivity contribution in [2.45, 2.75) is 0 Å². The first-order valence-electron chi connectivity index (χ1n) is 5.88. The van der Waals surface area contributed by atoms with Gasteiger partial charge in [0.05, 0.1) is 12.0 Å². The van der Waals surface area contributed by atoms with Gasteiger partial charge >= 0.3 is 0 Å². The van der Waals surface area contributed by atoms with Crippen LogP contribution in [0.25, 0.3) is 33.0 Å². The summed E-state index contributed by atoms with van der Waals surface area (Å²) in [6.07, 6.45) is 3.41. The van der Waals surface area contributed by atoms with E-state index in [2.05, 4.69) is 4.98 Å². The molecule has 1 aromatic carbocycles. The number of para-hydroxylation sites is 1. The molecule has 0 fully saturated rings. The van der Waals surface area contributed by atoms with E-state index < -0.39 is 0 Å². The monoisotopic (exact) mass is 267 g/mol. The third-order valence-electron chi connectivity index (χ3n) is 2.99. The van der Waals surface area contributed by atoms with Gasteiger partial charge < -0.3 is 8.83 Å². The Balaban J connectivity index is 1.85. The number of furan rings is 2. The number of thiazole rings is 1. The Kier molecular flexibility index (Phi) is 2.28. The molecule has 19 heavy (non-hydrogen) atoms. The number of rotatable bonds is 2. The van der Waals surface area contributed by atoms with Crippen LogP contribution in [0.3, 0.4) is 0 Å². The summed E-state index contributed by atoms with van der Waals surface area (Å²) >= 11 is 1.57. The second kappa shape index (κ2) is 4.10. The lowest BCUT2D eigenvalue weighted by Gasteiger charge is -1.92. The van der Waals surface area contributed by atoms with Gasteiger partial charge in [-0.1, -0.05) is 18.2 Å². The SMILES string of the molecule is c1coc(-c2nc(-c3coc4ccccc34)cs2)c1. The molecule has 4 heteroatoms. The summed E-state index contributed by atoms with van der Waals surface area (Å²) in [5.41, 5.74) is 2.82. The van der Waals surface area contributed by atoms with Crippen molar-refractivity contribution in [2.75, 3.05) is 0 Å². The number of aromatic nitrogens is 1. The normalized spacial score (nSPS) is 11.2. The fourth-order valence-corrected chi connectivity index (χ4v) is 2.87. The van der Waals surface area contributed by atoms with Crippen LogP contribution in [-0.2, 0) is 0 Å². The molecule has 0 aliphatic rings. The van der Waals surface area contributed by atoms with E-state index in [1.165, 1.54) is 0 Å². The molecule has 0 saturated heterocycles. The molecular weight excluding hydrogens is 258 g/mol.